The van der Waals surface area contributed by atoms with Crippen molar-refractivity contribution in [2.24, 2.45) is 5.73 Å². The third kappa shape index (κ3) is 2.19. The molecule has 0 bridgehead atoms. The third-order valence-electron chi connectivity index (χ3n) is 2.50. The average Bonchev–Trinajstić information content (AvgIpc) is 2.75. The number of rotatable bonds is 3. The second-order valence-corrected chi connectivity index (χ2v) is 4.92. The van der Waals surface area contributed by atoms with Gasteiger partial charge in [-0.2, -0.15) is 0 Å². The van der Waals surface area contributed by atoms with Gasteiger partial charge in [0.25, 0.3) is 5.91 Å². The molecule has 2 heterocycles. The molecule has 2 N–H and O–H groups in total. The van der Waals surface area contributed by atoms with E-state index in [1.165, 1.54) is 23.3 Å². The zero-order valence-corrected chi connectivity index (χ0v) is 11.0. The Hall–Kier alpha value is -1.60. The predicted octanol–water partition coefficient (Wildman–Crippen LogP) is 0.607. The average molecular weight is 270 g/mol. The number of hydrogen-bond acceptors (Lipinski definition) is 6. The molecule has 1 unspecified atom stereocenters. The summed E-state index contributed by atoms with van der Waals surface area (Å²) < 4.78 is 9.99. The maximum Gasteiger partial charge on any atom is 0.350 e. The molecule has 0 aromatic carbocycles. The largest absolute Gasteiger partial charge is 0.481 e. The van der Waals surface area contributed by atoms with E-state index in [2.05, 4.69) is 0 Å². The Labute approximate surface area is 108 Å². The first-order valence-corrected chi connectivity index (χ1v) is 6.31. The minimum atomic E-state index is -0.478. The van der Waals surface area contributed by atoms with Crippen molar-refractivity contribution in [2.45, 2.75) is 13.0 Å². The Morgan fingerprint density at radius 3 is 3.06 bits per heavy atom. The fourth-order valence-electron chi connectivity index (χ4n) is 1.75. The van der Waals surface area contributed by atoms with Crippen molar-refractivity contribution >= 4 is 28.9 Å². The van der Waals surface area contributed by atoms with Gasteiger partial charge in [-0.05, 0) is 6.92 Å². The second-order valence-electron chi connectivity index (χ2n) is 4.04. The molecule has 0 saturated carbocycles. The van der Waals surface area contributed by atoms with Crippen molar-refractivity contribution in [3.8, 4) is 5.75 Å². The molecule has 98 valence electrons. The number of carbonyl (C=O) groups is 2. The summed E-state index contributed by atoms with van der Waals surface area (Å²) in [4.78, 5) is 25.4. The van der Waals surface area contributed by atoms with Crippen LogP contribution in [0.25, 0.3) is 0 Å². The van der Waals surface area contributed by atoms with Crippen molar-refractivity contribution in [3.63, 3.8) is 0 Å². The monoisotopic (exact) mass is 270 g/mol. The van der Waals surface area contributed by atoms with E-state index in [4.69, 9.17) is 15.2 Å². The Kier molecular flexibility index (Phi) is 3.53. The van der Waals surface area contributed by atoms with Crippen molar-refractivity contribution in [1.29, 1.82) is 0 Å². The number of anilines is 1. The van der Waals surface area contributed by atoms with Crippen LogP contribution in [0.1, 0.15) is 16.6 Å². The number of nitrogens with two attached hydrogens (primary N) is 1. The number of thiophene rings is 1. The van der Waals surface area contributed by atoms with E-state index in [0.717, 1.165) is 0 Å². The number of ether oxygens (including phenoxy) is 2. The number of nitrogens with zero attached hydrogens (tertiary/aromatic N) is 1. The minimum Gasteiger partial charge on any atom is -0.481 e. The van der Waals surface area contributed by atoms with Crippen molar-refractivity contribution < 1.29 is 19.1 Å². The molecule has 1 aliphatic heterocycles. The maximum absolute atomic E-state index is 11.9. The summed E-state index contributed by atoms with van der Waals surface area (Å²) in [5.74, 6) is -0.154. The Bertz CT molecular complexity index is 483. The second kappa shape index (κ2) is 4.95. The van der Waals surface area contributed by atoms with Crippen molar-refractivity contribution in [1.82, 2.24) is 0 Å². The molecule has 7 heteroatoms. The van der Waals surface area contributed by atoms with Crippen LogP contribution in [0.3, 0.4) is 0 Å². The highest BCUT2D eigenvalue weighted by Gasteiger charge is 2.32. The van der Waals surface area contributed by atoms with Crippen LogP contribution in [0.5, 0.6) is 5.75 Å². The van der Waals surface area contributed by atoms with Crippen LogP contribution in [-0.4, -0.2) is 38.2 Å². The number of carbonyl (C=O) groups excluding carboxylic acids is 2. The summed E-state index contributed by atoms with van der Waals surface area (Å²) in [6.45, 7) is 2.11. The van der Waals surface area contributed by atoms with Gasteiger partial charge in [-0.1, -0.05) is 0 Å². The van der Waals surface area contributed by atoms with E-state index in [1.54, 1.807) is 12.3 Å². The number of amides is 1. The predicted molar refractivity (Wildman–Crippen MR) is 67.2 cm³/mol. The van der Waals surface area contributed by atoms with Gasteiger partial charge >= 0.3 is 5.97 Å². The normalized spacial score (nSPS) is 15.9. The summed E-state index contributed by atoms with van der Waals surface area (Å²) in [7, 11) is 1.30. The van der Waals surface area contributed by atoms with Crippen LogP contribution in [0.15, 0.2) is 5.38 Å². The molecule has 0 aliphatic carbocycles. The first-order valence-electron chi connectivity index (χ1n) is 5.43. The first kappa shape index (κ1) is 12.8. The summed E-state index contributed by atoms with van der Waals surface area (Å²) in [6.07, 6.45) is 0. The highest BCUT2D eigenvalue weighted by Crippen LogP contribution is 2.40. The van der Waals surface area contributed by atoms with Gasteiger partial charge < -0.3 is 20.1 Å². The quantitative estimate of drug-likeness (QED) is 0.814. The molecule has 2 rings (SSSR count). The summed E-state index contributed by atoms with van der Waals surface area (Å²) in [6, 6.07) is -0.190. The van der Waals surface area contributed by atoms with Gasteiger partial charge in [0.05, 0.1) is 7.11 Å². The van der Waals surface area contributed by atoms with E-state index in [1.807, 2.05) is 0 Å². The number of fused-ring (bicyclic) bond motifs is 1. The maximum atomic E-state index is 11.9. The van der Waals surface area contributed by atoms with Gasteiger partial charge in [0.15, 0.2) is 12.4 Å². The van der Waals surface area contributed by atoms with Gasteiger partial charge in [0.2, 0.25) is 0 Å². The molecule has 1 atom stereocenters. The molecule has 1 aliphatic rings. The van der Waals surface area contributed by atoms with Gasteiger partial charge in [-0.25, -0.2) is 4.79 Å². The molecular formula is C11H14N2O4S. The van der Waals surface area contributed by atoms with Crippen LogP contribution in [-0.2, 0) is 9.53 Å². The Balaban J connectivity index is 2.43. The number of esters is 1. The zero-order chi connectivity index (χ0) is 13.3. The molecule has 0 spiro atoms. The highest BCUT2D eigenvalue weighted by molar-refractivity contribution is 7.13. The van der Waals surface area contributed by atoms with E-state index in [9.17, 15) is 9.59 Å². The van der Waals surface area contributed by atoms with Crippen LogP contribution in [0, 0.1) is 0 Å². The van der Waals surface area contributed by atoms with Crippen LogP contribution in [0.4, 0.5) is 5.69 Å². The fraction of sp³-hybridized carbons (Fsp3) is 0.455. The molecule has 0 radical (unpaired) electrons. The smallest absolute Gasteiger partial charge is 0.350 e. The summed E-state index contributed by atoms with van der Waals surface area (Å²) >= 11 is 1.20. The SMILES string of the molecule is COC(=O)c1scc2c1N(CC(C)N)C(=O)CO2. The molecule has 0 fully saturated rings. The highest BCUT2D eigenvalue weighted by atomic mass is 32.1. The molecule has 18 heavy (non-hydrogen) atoms. The fourth-order valence-corrected chi connectivity index (χ4v) is 2.66. The molecule has 1 aromatic heterocycles. The lowest BCUT2D eigenvalue weighted by molar-refractivity contribution is -0.121. The van der Waals surface area contributed by atoms with Gasteiger partial charge in [-0.3, -0.25) is 4.79 Å². The lowest BCUT2D eigenvalue weighted by Crippen LogP contribution is -2.45. The summed E-state index contributed by atoms with van der Waals surface area (Å²) in [5, 5.41) is 1.70. The lowest BCUT2D eigenvalue weighted by Gasteiger charge is -2.29. The molecule has 1 aromatic rings. The number of methoxy groups -OCH3 is 1. The molecular weight excluding hydrogens is 256 g/mol. The molecule has 6 nitrogen and oxygen atoms in total. The standard InChI is InChI=1S/C11H14N2O4S/c1-6(12)3-13-8(14)4-17-7-5-18-10(9(7)13)11(15)16-2/h5-6H,3-4,12H2,1-2H3. The van der Waals surface area contributed by atoms with Crippen LogP contribution in [0.2, 0.25) is 0 Å². The third-order valence-corrected chi connectivity index (χ3v) is 3.42. The van der Waals surface area contributed by atoms with Crippen molar-refractivity contribution in [3.05, 3.63) is 10.3 Å². The summed E-state index contributed by atoms with van der Waals surface area (Å²) in [5.41, 5.74) is 6.20. The van der Waals surface area contributed by atoms with Crippen LogP contribution < -0.4 is 15.4 Å². The van der Waals surface area contributed by atoms with Crippen LogP contribution >= 0.6 is 11.3 Å². The zero-order valence-electron chi connectivity index (χ0n) is 10.1. The van der Waals surface area contributed by atoms with Crippen molar-refractivity contribution in [2.75, 3.05) is 25.2 Å². The van der Waals surface area contributed by atoms with E-state index < -0.39 is 5.97 Å². The van der Waals surface area contributed by atoms with E-state index in [0.29, 0.717) is 22.9 Å². The lowest BCUT2D eigenvalue weighted by atomic mass is 10.2. The first-order chi connectivity index (χ1) is 8.54. The minimum absolute atomic E-state index is 0.0307. The van der Waals surface area contributed by atoms with Gasteiger partial charge in [-0.15, -0.1) is 11.3 Å². The Morgan fingerprint density at radius 1 is 1.72 bits per heavy atom. The topological polar surface area (TPSA) is 81.9 Å². The molecule has 1 amide bonds. The van der Waals surface area contributed by atoms with E-state index >= 15 is 0 Å². The van der Waals surface area contributed by atoms with Gasteiger partial charge in [0, 0.05) is 18.0 Å². The number of hydrogen-bond donors (Lipinski definition) is 1. The molecule has 0 saturated heterocycles. The van der Waals surface area contributed by atoms with E-state index in [-0.39, 0.29) is 18.6 Å². The Morgan fingerprint density at radius 2 is 2.44 bits per heavy atom. The van der Waals surface area contributed by atoms with Gasteiger partial charge in [0.1, 0.15) is 10.6 Å².